The maximum absolute atomic E-state index is 11.8. The molecule has 0 bridgehead atoms. The molecule has 20 heavy (non-hydrogen) atoms. The molecule has 118 valence electrons. The van der Waals surface area contributed by atoms with Gasteiger partial charge in [-0.3, -0.25) is 10.2 Å². The molecule has 0 unspecified atom stereocenters. The lowest BCUT2D eigenvalue weighted by Gasteiger charge is -2.32. The monoisotopic (exact) mass is 283 g/mol. The molecule has 0 aromatic heterocycles. The highest BCUT2D eigenvalue weighted by Crippen LogP contribution is 2.09. The summed E-state index contributed by atoms with van der Waals surface area (Å²) in [4.78, 5) is 14.1. The average molecular weight is 283 g/mol. The zero-order valence-electron chi connectivity index (χ0n) is 13.5. The fraction of sp³-hybridized carbons (Fsp3) is 0.938. The molecule has 1 rings (SSSR count). The molecule has 1 N–H and O–H groups in total. The van der Waals surface area contributed by atoms with Crippen molar-refractivity contribution < 1.29 is 4.79 Å². The van der Waals surface area contributed by atoms with E-state index in [4.69, 9.17) is 0 Å². The third-order valence-corrected chi connectivity index (χ3v) is 4.04. The highest BCUT2D eigenvalue weighted by atomic mass is 16.2. The summed E-state index contributed by atoms with van der Waals surface area (Å²) in [7, 11) is 2.12. The number of rotatable bonds is 10. The van der Waals surface area contributed by atoms with Crippen LogP contribution in [0.25, 0.3) is 0 Å². The number of likely N-dealkylation sites (N-methyl/N-ethyl adjacent to an activating group) is 1. The van der Waals surface area contributed by atoms with Gasteiger partial charge >= 0.3 is 0 Å². The van der Waals surface area contributed by atoms with Gasteiger partial charge in [-0.2, -0.15) is 0 Å². The number of hydrogen-bond acceptors (Lipinski definition) is 3. The number of amides is 1. The Balaban J connectivity index is 1.90. The lowest BCUT2D eigenvalue weighted by atomic mass is 10.1. The summed E-state index contributed by atoms with van der Waals surface area (Å²) >= 11 is 0. The Bertz CT molecular complexity index is 250. The molecule has 0 atom stereocenters. The van der Waals surface area contributed by atoms with Crippen LogP contribution in [0.3, 0.4) is 0 Å². The van der Waals surface area contributed by atoms with Crippen LogP contribution in [0.4, 0.5) is 0 Å². The van der Waals surface area contributed by atoms with Gasteiger partial charge in [0.1, 0.15) is 0 Å². The smallest absolute Gasteiger partial charge is 0.234 e. The van der Waals surface area contributed by atoms with Crippen molar-refractivity contribution in [3.8, 4) is 0 Å². The van der Waals surface area contributed by atoms with Gasteiger partial charge < -0.3 is 4.90 Å². The quantitative estimate of drug-likeness (QED) is 0.626. The first-order chi connectivity index (χ1) is 9.72. The molecule has 4 nitrogen and oxygen atoms in total. The summed E-state index contributed by atoms with van der Waals surface area (Å²) in [6.45, 7) is 6.22. The lowest BCUT2D eigenvalue weighted by molar-refractivity contribution is -0.126. The zero-order valence-corrected chi connectivity index (χ0v) is 13.5. The molecule has 0 aromatic rings. The first-order valence-electron chi connectivity index (χ1n) is 8.45. The Kier molecular flexibility index (Phi) is 9.67. The SMILES string of the molecule is CCCCCCCCCCC(=O)NN1CCN(C)CC1. The standard InChI is InChI=1S/C16H33N3O/c1-3-4-5-6-7-8-9-10-11-16(20)17-19-14-12-18(2)13-15-19/h3-15H2,1-2H3,(H,17,20). The summed E-state index contributed by atoms with van der Waals surface area (Å²) < 4.78 is 0. The van der Waals surface area contributed by atoms with Crippen LogP contribution >= 0.6 is 0 Å². The third kappa shape index (κ3) is 8.54. The second-order valence-electron chi connectivity index (χ2n) is 6.05. The normalized spacial score (nSPS) is 17.3. The van der Waals surface area contributed by atoms with E-state index in [9.17, 15) is 4.79 Å². The number of carbonyl (C=O) groups is 1. The Morgan fingerprint density at radius 2 is 1.45 bits per heavy atom. The molecule has 1 saturated heterocycles. The molecule has 0 saturated carbocycles. The maximum Gasteiger partial charge on any atom is 0.234 e. The number of nitrogens with one attached hydrogen (secondary N) is 1. The number of carbonyl (C=O) groups excluding carboxylic acids is 1. The minimum atomic E-state index is 0.195. The van der Waals surface area contributed by atoms with Crippen LogP contribution < -0.4 is 5.43 Å². The van der Waals surface area contributed by atoms with Gasteiger partial charge in [0.2, 0.25) is 5.91 Å². The van der Waals surface area contributed by atoms with Crippen LogP contribution in [0.1, 0.15) is 64.7 Å². The molecule has 0 radical (unpaired) electrons. The minimum absolute atomic E-state index is 0.195. The summed E-state index contributed by atoms with van der Waals surface area (Å²) in [5.41, 5.74) is 3.03. The van der Waals surface area contributed by atoms with Crippen LogP contribution in [0, 0.1) is 0 Å². The molecule has 1 heterocycles. The van der Waals surface area contributed by atoms with Crippen molar-refractivity contribution in [3.63, 3.8) is 0 Å². The van der Waals surface area contributed by atoms with Gasteiger partial charge in [0.15, 0.2) is 0 Å². The van der Waals surface area contributed by atoms with Crippen molar-refractivity contribution in [1.82, 2.24) is 15.3 Å². The molecule has 4 heteroatoms. The predicted octanol–water partition coefficient (Wildman–Crippen LogP) is 2.80. The van der Waals surface area contributed by atoms with Crippen LogP contribution in [0.5, 0.6) is 0 Å². The molecule has 1 aliphatic rings. The first-order valence-corrected chi connectivity index (χ1v) is 8.45. The van der Waals surface area contributed by atoms with E-state index in [-0.39, 0.29) is 5.91 Å². The van der Waals surface area contributed by atoms with Crippen molar-refractivity contribution >= 4 is 5.91 Å². The van der Waals surface area contributed by atoms with E-state index in [0.717, 1.165) is 32.6 Å². The number of hydrazine groups is 1. The van der Waals surface area contributed by atoms with E-state index in [1.807, 2.05) is 0 Å². The number of nitrogens with zero attached hydrogens (tertiary/aromatic N) is 2. The van der Waals surface area contributed by atoms with Crippen molar-refractivity contribution in [2.75, 3.05) is 33.2 Å². The zero-order chi connectivity index (χ0) is 14.6. The van der Waals surface area contributed by atoms with E-state index >= 15 is 0 Å². The molecule has 1 fully saturated rings. The van der Waals surface area contributed by atoms with Crippen molar-refractivity contribution in [3.05, 3.63) is 0 Å². The summed E-state index contributed by atoms with van der Waals surface area (Å²) in [5.74, 6) is 0.195. The molecule has 0 spiro atoms. The van der Waals surface area contributed by atoms with E-state index in [0.29, 0.717) is 6.42 Å². The maximum atomic E-state index is 11.8. The number of piperazine rings is 1. The highest BCUT2D eigenvalue weighted by molar-refractivity contribution is 5.75. The van der Waals surface area contributed by atoms with Gasteiger partial charge in [0.25, 0.3) is 0 Å². The summed E-state index contributed by atoms with van der Waals surface area (Å²) in [6, 6.07) is 0. The Labute approximate surface area is 124 Å². The average Bonchev–Trinajstić information content (AvgIpc) is 2.44. The fourth-order valence-corrected chi connectivity index (χ4v) is 2.57. The first kappa shape index (κ1) is 17.4. The van der Waals surface area contributed by atoms with E-state index < -0.39 is 0 Å². The van der Waals surface area contributed by atoms with E-state index in [1.54, 1.807) is 0 Å². The molecule has 0 aliphatic carbocycles. The van der Waals surface area contributed by atoms with Crippen LogP contribution in [-0.4, -0.2) is 49.0 Å². The molecule has 1 amide bonds. The van der Waals surface area contributed by atoms with Gasteiger partial charge in [-0.05, 0) is 13.5 Å². The van der Waals surface area contributed by atoms with Crippen LogP contribution in [0.2, 0.25) is 0 Å². The molecular formula is C16H33N3O. The molecule has 1 aliphatic heterocycles. The van der Waals surface area contributed by atoms with Gasteiger partial charge in [-0.25, -0.2) is 5.01 Å². The third-order valence-electron chi connectivity index (χ3n) is 4.04. The Morgan fingerprint density at radius 1 is 0.900 bits per heavy atom. The van der Waals surface area contributed by atoms with Crippen LogP contribution in [-0.2, 0) is 4.79 Å². The minimum Gasteiger partial charge on any atom is -0.304 e. The molecular weight excluding hydrogens is 250 g/mol. The van der Waals surface area contributed by atoms with Gasteiger partial charge in [0.05, 0.1) is 0 Å². The van der Waals surface area contributed by atoms with Crippen molar-refractivity contribution in [2.45, 2.75) is 64.7 Å². The van der Waals surface area contributed by atoms with Gasteiger partial charge in [-0.15, -0.1) is 0 Å². The number of hydrogen-bond donors (Lipinski definition) is 1. The van der Waals surface area contributed by atoms with Crippen molar-refractivity contribution in [1.29, 1.82) is 0 Å². The molecule has 0 aromatic carbocycles. The second-order valence-corrected chi connectivity index (χ2v) is 6.05. The lowest BCUT2D eigenvalue weighted by Crippen LogP contribution is -2.52. The Morgan fingerprint density at radius 3 is 2.05 bits per heavy atom. The predicted molar refractivity (Wildman–Crippen MR) is 84.4 cm³/mol. The highest BCUT2D eigenvalue weighted by Gasteiger charge is 2.15. The van der Waals surface area contributed by atoms with Crippen molar-refractivity contribution in [2.24, 2.45) is 0 Å². The topological polar surface area (TPSA) is 35.6 Å². The fourth-order valence-electron chi connectivity index (χ4n) is 2.57. The van der Waals surface area contributed by atoms with E-state index in [1.165, 1.54) is 44.9 Å². The summed E-state index contributed by atoms with van der Waals surface area (Å²) in [6.07, 6.45) is 10.9. The second kappa shape index (κ2) is 11.1. The largest absolute Gasteiger partial charge is 0.304 e. The van der Waals surface area contributed by atoms with Gasteiger partial charge in [0, 0.05) is 32.6 Å². The van der Waals surface area contributed by atoms with Crippen LogP contribution in [0.15, 0.2) is 0 Å². The van der Waals surface area contributed by atoms with E-state index in [2.05, 4.69) is 29.3 Å². The number of unbranched alkanes of at least 4 members (excludes halogenated alkanes) is 7. The van der Waals surface area contributed by atoms with Gasteiger partial charge in [-0.1, -0.05) is 51.9 Å². The summed E-state index contributed by atoms with van der Waals surface area (Å²) in [5, 5.41) is 2.06. The Hall–Kier alpha value is -0.610.